The standard InChI is InChI=1S/C15H17BrFNS/c1-2-7-18-15(10-12-4-3-8-19-12)11-5-6-13(16)14(17)9-11/h3-6,8-9,15,18H,2,7,10H2,1H3. The van der Waals surface area contributed by atoms with Crippen LogP contribution in [-0.2, 0) is 6.42 Å². The van der Waals surface area contributed by atoms with Gasteiger partial charge in [-0.15, -0.1) is 11.3 Å². The van der Waals surface area contributed by atoms with Gasteiger partial charge in [0, 0.05) is 17.3 Å². The van der Waals surface area contributed by atoms with Gasteiger partial charge < -0.3 is 5.32 Å². The van der Waals surface area contributed by atoms with Crippen molar-refractivity contribution in [1.82, 2.24) is 5.32 Å². The van der Waals surface area contributed by atoms with Gasteiger partial charge in [-0.3, -0.25) is 0 Å². The smallest absolute Gasteiger partial charge is 0.137 e. The Bertz CT molecular complexity index is 513. The molecule has 0 bridgehead atoms. The van der Waals surface area contributed by atoms with E-state index in [1.54, 1.807) is 23.5 Å². The van der Waals surface area contributed by atoms with E-state index in [0.29, 0.717) is 4.47 Å². The summed E-state index contributed by atoms with van der Waals surface area (Å²) in [5, 5.41) is 5.57. The lowest BCUT2D eigenvalue weighted by molar-refractivity contribution is 0.526. The molecular formula is C15H17BrFNS. The topological polar surface area (TPSA) is 12.0 Å². The largest absolute Gasteiger partial charge is 0.310 e. The highest BCUT2D eigenvalue weighted by Gasteiger charge is 2.13. The van der Waals surface area contributed by atoms with Crippen LogP contribution in [0.15, 0.2) is 40.2 Å². The molecule has 0 aliphatic carbocycles. The lowest BCUT2D eigenvalue weighted by Crippen LogP contribution is -2.24. The van der Waals surface area contributed by atoms with Crippen LogP contribution in [0, 0.1) is 5.82 Å². The van der Waals surface area contributed by atoms with Crippen LogP contribution in [0.3, 0.4) is 0 Å². The summed E-state index contributed by atoms with van der Waals surface area (Å²) in [5.41, 5.74) is 1.00. The van der Waals surface area contributed by atoms with Crippen LogP contribution in [0.25, 0.3) is 0 Å². The van der Waals surface area contributed by atoms with Crippen LogP contribution >= 0.6 is 27.3 Å². The van der Waals surface area contributed by atoms with Crippen molar-refractivity contribution in [2.75, 3.05) is 6.54 Å². The van der Waals surface area contributed by atoms with E-state index in [-0.39, 0.29) is 11.9 Å². The fourth-order valence-electron chi connectivity index (χ4n) is 1.99. The molecule has 2 aromatic rings. The molecule has 0 spiro atoms. The van der Waals surface area contributed by atoms with E-state index in [9.17, 15) is 4.39 Å². The predicted molar refractivity (Wildman–Crippen MR) is 83.2 cm³/mol. The van der Waals surface area contributed by atoms with Crippen LogP contribution < -0.4 is 5.32 Å². The minimum absolute atomic E-state index is 0.168. The Labute approximate surface area is 126 Å². The van der Waals surface area contributed by atoms with Crippen molar-refractivity contribution in [1.29, 1.82) is 0 Å². The van der Waals surface area contributed by atoms with Crippen LogP contribution in [0.4, 0.5) is 4.39 Å². The highest BCUT2D eigenvalue weighted by Crippen LogP contribution is 2.25. The summed E-state index contributed by atoms with van der Waals surface area (Å²) in [5.74, 6) is -0.202. The molecule has 19 heavy (non-hydrogen) atoms. The first-order chi connectivity index (χ1) is 9.20. The Morgan fingerprint density at radius 1 is 1.37 bits per heavy atom. The van der Waals surface area contributed by atoms with Crippen molar-refractivity contribution in [3.63, 3.8) is 0 Å². The minimum atomic E-state index is -0.202. The highest BCUT2D eigenvalue weighted by molar-refractivity contribution is 9.10. The molecule has 2 rings (SSSR count). The molecule has 1 aromatic heterocycles. The van der Waals surface area contributed by atoms with Crippen LogP contribution in [0.1, 0.15) is 29.8 Å². The number of hydrogen-bond acceptors (Lipinski definition) is 2. The molecule has 0 radical (unpaired) electrons. The second-order valence-corrected chi connectivity index (χ2v) is 6.35. The van der Waals surface area contributed by atoms with Gasteiger partial charge in [0.25, 0.3) is 0 Å². The lowest BCUT2D eigenvalue weighted by Gasteiger charge is -2.18. The summed E-state index contributed by atoms with van der Waals surface area (Å²) in [6.07, 6.45) is 1.97. The average Bonchev–Trinajstić information content (AvgIpc) is 2.91. The first-order valence-corrected chi connectivity index (χ1v) is 8.08. The van der Waals surface area contributed by atoms with E-state index < -0.39 is 0 Å². The van der Waals surface area contributed by atoms with Crippen molar-refractivity contribution in [3.05, 3.63) is 56.4 Å². The van der Waals surface area contributed by atoms with Gasteiger partial charge in [-0.05, 0) is 58.0 Å². The monoisotopic (exact) mass is 341 g/mol. The van der Waals surface area contributed by atoms with Gasteiger partial charge in [0.15, 0.2) is 0 Å². The molecule has 4 heteroatoms. The third-order valence-corrected chi connectivity index (χ3v) is 4.51. The normalized spacial score (nSPS) is 12.6. The van der Waals surface area contributed by atoms with Crippen LogP contribution in [0.5, 0.6) is 0 Å². The van der Waals surface area contributed by atoms with E-state index in [2.05, 4.69) is 45.7 Å². The summed E-state index contributed by atoms with van der Waals surface area (Å²) < 4.78 is 14.2. The molecule has 1 atom stereocenters. The molecule has 0 saturated heterocycles. The van der Waals surface area contributed by atoms with Crippen molar-refractivity contribution in [3.8, 4) is 0 Å². The number of benzene rings is 1. The molecule has 0 amide bonds. The molecule has 1 N–H and O–H groups in total. The van der Waals surface area contributed by atoms with Gasteiger partial charge in [-0.1, -0.05) is 19.1 Å². The minimum Gasteiger partial charge on any atom is -0.310 e. The fraction of sp³-hybridized carbons (Fsp3) is 0.333. The third-order valence-electron chi connectivity index (χ3n) is 2.97. The zero-order valence-corrected chi connectivity index (χ0v) is 13.2. The Balaban J connectivity index is 2.18. The highest BCUT2D eigenvalue weighted by atomic mass is 79.9. The molecule has 1 heterocycles. The summed E-state index contributed by atoms with van der Waals surface area (Å²) in [6, 6.07) is 9.72. The van der Waals surface area contributed by atoms with E-state index in [4.69, 9.17) is 0 Å². The second kappa shape index (κ2) is 7.17. The molecular weight excluding hydrogens is 325 g/mol. The Hall–Kier alpha value is -0.710. The fourth-order valence-corrected chi connectivity index (χ4v) is 2.98. The zero-order valence-electron chi connectivity index (χ0n) is 10.8. The third kappa shape index (κ3) is 4.13. The van der Waals surface area contributed by atoms with Crippen LogP contribution in [0.2, 0.25) is 0 Å². The summed E-state index contributed by atoms with van der Waals surface area (Å²) in [4.78, 5) is 1.32. The molecule has 0 aliphatic heterocycles. The van der Waals surface area contributed by atoms with Crippen molar-refractivity contribution < 1.29 is 4.39 Å². The van der Waals surface area contributed by atoms with Crippen molar-refractivity contribution in [2.45, 2.75) is 25.8 Å². The van der Waals surface area contributed by atoms with E-state index in [1.807, 2.05) is 6.07 Å². The quantitative estimate of drug-likeness (QED) is 0.785. The zero-order chi connectivity index (χ0) is 13.7. The molecule has 0 aliphatic rings. The Morgan fingerprint density at radius 2 is 2.21 bits per heavy atom. The van der Waals surface area contributed by atoms with Gasteiger partial charge in [-0.2, -0.15) is 0 Å². The lowest BCUT2D eigenvalue weighted by atomic mass is 10.0. The molecule has 1 nitrogen and oxygen atoms in total. The molecule has 1 unspecified atom stereocenters. The molecule has 0 saturated carbocycles. The van der Waals surface area contributed by atoms with Gasteiger partial charge in [-0.25, -0.2) is 4.39 Å². The van der Waals surface area contributed by atoms with Gasteiger partial charge in [0.1, 0.15) is 5.82 Å². The summed E-state index contributed by atoms with van der Waals surface area (Å²) in [6.45, 7) is 3.07. The number of halogens is 2. The number of thiophene rings is 1. The maximum atomic E-state index is 13.7. The Morgan fingerprint density at radius 3 is 2.84 bits per heavy atom. The van der Waals surface area contributed by atoms with Crippen molar-refractivity contribution in [2.24, 2.45) is 0 Å². The molecule has 0 fully saturated rings. The van der Waals surface area contributed by atoms with Gasteiger partial charge in [0.2, 0.25) is 0 Å². The first kappa shape index (κ1) is 14.7. The Kier molecular flexibility index (Phi) is 5.55. The van der Waals surface area contributed by atoms with Gasteiger partial charge >= 0.3 is 0 Å². The number of hydrogen-bond donors (Lipinski definition) is 1. The van der Waals surface area contributed by atoms with Crippen LogP contribution in [-0.4, -0.2) is 6.54 Å². The predicted octanol–water partition coefficient (Wildman–Crippen LogP) is 4.93. The molecule has 102 valence electrons. The van der Waals surface area contributed by atoms with Gasteiger partial charge in [0.05, 0.1) is 4.47 Å². The SMILES string of the molecule is CCCNC(Cc1cccs1)c1ccc(Br)c(F)c1. The van der Waals surface area contributed by atoms with E-state index >= 15 is 0 Å². The van der Waals surface area contributed by atoms with E-state index in [1.165, 1.54) is 4.88 Å². The summed E-state index contributed by atoms with van der Waals surface area (Å²) >= 11 is 4.94. The average molecular weight is 342 g/mol. The van der Waals surface area contributed by atoms with E-state index in [0.717, 1.165) is 24.9 Å². The maximum absolute atomic E-state index is 13.7. The second-order valence-electron chi connectivity index (χ2n) is 4.46. The number of nitrogens with one attached hydrogen (secondary N) is 1. The summed E-state index contributed by atoms with van der Waals surface area (Å²) in [7, 11) is 0. The van der Waals surface area contributed by atoms with Crippen molar-refractivity contribution >= 4 is 27.3 Å². The maximum Gasteiger partial charge on any atom is 0.137 e. The number of rotatable bonds is 6. The first-order valence-electron chi connectivity index (χ1n) is 6.41. The molecule has 1 aromatic carbocycles.